The van der Waals surface area contributed by atoms with Crippen LogP contribution in [0.4, 0.5) is 0 Å². The molecule has 1 saturated heterocycles. The lowest BCUT2D eigenvalue weighted by Crippen LogP contribution is -2.37. The van der Waals surface area contributed by atoms with Crippen LogP contribution in [-0.2, 0) is 22.6 Å². The summed E-state index contributed by atoms with van der Waals surface area (Å²) < 4.78 is 6.79. The van der Waals surface area contributed by atoms with E-state index in [4.69, 9.17) is 4.74 Å². The monoisotopic (exact) mass is 280 g/mol. The highest BCUT2D eigenvalue weighted by molar-refractivity contribution is 5.72. The first-order chi connectivity index (χ1) is 9.60. The fraction of sp³-hybridized carbons (Fsp3) is 0.786. The molecule has 1 aliphatic heterocycles. The average Bonchev–Trinajstić information content (AvgIpc) is 2.85. The maximum Gasteiger partial charge on any atom is 0.308 e. The summed E-state index contributed by atoms with van der Waals surface area (Å²) in [6.07, 6.45) is 3.36. The molecule has 2 rings (SSSR count). The van der Waals surface area contributed by atoms with Crippen LogP contribution in [0.1, 0.15) is 32.5 Å². The Bertz CT molecular complexity index is 436. The predicted octanol–water partition coefficient (Wildman–Crippen LogP) is 1.32. The molecule has 0 saturated carbocycles. The lowest BCUT2D eigenvalue weighted by molar-refractivity contribution is -0.147. The van der Waals surface area contributed by atoms with Gasteiger partial charge in [0.15, 0.2) is 0 Å². The third-order valence-corrected chi connectivity index (χ3v) is 3.72. The number of nitrogens with zero attached hydrogens (tertiary/aromatic N) is 4. The maximum atomic E-state index is 11.5. The van der Waals surface area contributed by atoms with E-state index in [2.05, 4.69) is 28.8 Å². The molecule has 0 unspecified atom stereocenters. The molecule has 0 bridgehead atoms. The minimum Gasteiger partial charge on any atom is -0.469 e. The van der Waals surface area contributed by atoms with E-state index in [1.165, 1.54) is 7.11 Å². The van der Waals surface area contributed by atoms with Gasteiger partial charge in [0, 0.05) is 6.54 Å². The van der Waals surface area contributed by atoms with Crippen molar-refractivity contribution in [2.45, 2.75) is 39.8 Å². The summed E-state index contributed by atoms with van der Waals surface area (Å²) in [5.74, 6) is 1.55. The van der Waals surface area contributed by atoms with E-state index in [1.54, 1.807) is 6.33 Å². The van der Waals surface area contributed by atoms with Gasteiger partial charge in [-0.3, -0.25) is 9.69 Å². The molecule has 0 aromatic carbocycles. The molecule has 0 radical (unpaired) electrons. The number of rotatable bonds is 5. The van der Waals surface area contributed by atoms with Gasteiger partial charge < -0.3 is 4.74 Å². The van der Waals surface area contributed by atoms with Gasteiger partial charge in [-0.15, -0.1) is 0 Å². The van der Waals surface area contributed by atoms with Crippen LogP contribution in [0.25, 0.3) is 0 Å². The van der Waals surface area contributed by atoms with Crippen molar-refractivity contribution in [1.29, 1.82) is 0 Å². The number of aromatic nitrogens is 3. The highest BCUT2D eigenvalue weighted by Crippen LogP contribution is 2.19. The number of hydrogen-bond donors (Lipinski definition) is 0. The standard InChI is InChI=1S/C14H24N4O2/c1-11(2)8-18-13(15-10-16-18)9-17-6-4-12(5-7-17)14(19)20-3/h10-12H,4-9H2,1-3H3. The van der Waals surface area contributed by atoms with Crippen LogP contribution in [0.15, 0.2) is 6.33 Å². The van der Waals surface area contributed by atoms with Gasteiger partial charge in [-0.05, 0) is 31.8 Å². The molecule has 1 aliphatic rings. The van der Waals surface area contributed by atoms with Crippen molar-refractivity contribution in [3.63, 3.8) is 0 Å². The molecule has 0 aliphatic carbocycles. The van der Waals surface area contributed by atoms with Crippen LogP contribution in [0.5, 0.6) is 0 Å². The topological polar surface area (TPSA) is 60.2 Å². The minimum atomic E-state index is -0.0763. The number of hydrogen-bond acceptors (Lipinski definition) is 5. The SMILES string of the molecule is COC(=O)C1CCN(Cc2ncnn2CC(C)C)CC1. The fourth-order valence-corrected chi connectivity index (χ4v) is 2.60. The van der Waals surface area contributed by atoms with Crippen LogP contribution < -0.4 is 0 Å². The quantitative estimate of drug-likeness (QED) is 0.761. The van der Waals surface area contributed by atoms with Crippen LogP contribution in [0.3, 0.4) is 0 Å². The molecule has 1 fully saturated rings. The van der Waals surface area contributed by atoms with Crippen molar-refractivity contribution in [3.8, 4) is 0 Å². The van der Waals surface area contributed by atoms with Gasteiger partial charge in [-0.25, -0.2) is 9.67 Å². The highest BCUT2D eigenvalue weighted by atomic mass is 16.5. The normalized spacial score (nSPS) is 17.6. The van der Waals surface area contributed by atoms with E-state index in [1.807, 2.05) is 4.68 Å². The molecular formula is C14H24N4O2. The van der Waals surface area contributed by atoms with Crippen LogP contribution in [0, 0.1) is 11.8 Å². The lowest BCUT2D eigenvalue weighted by atomic mass is 9.97. The first-order valence-corrected chi connectivity index (χ1v) is 7.27. The van der Waals surface area contributed by atoms with E-state index in [-0.39, 0.29) is 11.9 Å². The smallest absolute Gasteiger partial charge is 0.308 e. The summed E-state index contributed by atoms with van der Waals surface area (Å²) in [5, 5.41) is 4.28. The van der Waals surface area contributed by atoms with Gasteiger partial charge in [-0.2, -0.15) is 5.10 Å². The Morgan fingerprint density at radius 1 is 1.45 bits per heavy atom. The number of carbonyl (C=O) groups is 1. The van der Waals surface area contributed by atoms with Gasteiger partial charge in [0.1, 0.15) is 12.2 Å². The third kappa shape index (κ3) is 3.79. The molecule has 0 amide bonds. The lowest BCUT2D eigenvalue weighted by Gasteiger charge is -2.30. The summed E-state index contributed by atoms with van der Waals surface area (Å²) >= 11 is 0. The Kier molecular flexibility index (Phi) is 5.11. The molecule has 0 spiro atoms. The summed E-state index contributed by atoms with van der Waals surface area (Å²) in [5.41, 5.74) is 0. The number of likely N-dealkylation sites (tertiary alicyclic amines) is 1. The van der Waals surface area contributed by atoms with Gasteiger partial charge >= 0.3 is 5.97 Å². The zero-order valence-electron chi connectivity index (χ0n) is 12.6. The van der Waals surface area contributed by atoms with Crippen LogP contribution in [-0.4, -0.2) is 45.8 Å². The molecule has 20 heavy (non-hydrogen) atoms. The Morgan fingerprint density at radius 2 is 2.15 bits per heavy atom. The second kappa shape index (κ2) is 6.83. The third-order valence-electron chi connectivity index (χ3n) is 3.72. The van der Waals surface area contributed by atoms with Crippen molar-refractivity contribution in [1.82, 2.24) is 19.7 Å². The van der Waals surface area contributed by atoms with Gasteiger partial charge in [0.05, 0.1) is 19.6 Å². The number of carbonyl (C=O) groups excluding carboxylic acids is 1. The van der Waals surface area contributed by atoms with Crippen molar-refractivity contribution < 1.29 is 9.53 Å². The molecule has 0 atom stereocenters. The van der Waals surface area contributed by atoms with Crippen molar-refractivity contribution >= 4 is 5.97 Å². The molecule has 1 aromatic rings. The molecular weight excluding hydrogens is 256 g/mol. The van der Waals surface area contributed by atoms with Crippen molar-refractivity contribution in [2.24, 2.45) is 11.8 Å². The van der Waals surface area contributed by atoms with E-state index in [0.29, 0.717) is 5.92 Å². The molecule has 0 N–H and O–H groups in total. The van der Waals surface area contributed by atoms with Crippen molar-refractivity contribution in [2.75, 3.05) is 20.2 Å². The Balaban J connectivity index is 1.86. The first-order valence-electron chi connectivity index (χ1n) is 7.27. The maximum absolute atomic E-state index is 11.5. The van der Waals surface area contributed by atoms with Gasteiger partial charge in [0.2, 0.25) is 0 Å². The summed E-state index contributed by atoms with van der Waals surface area (Å²) in [4.78, 5) is 18.2. The number of methoxy groups -OCH3 is 1. The number of piperidine rings is 1. The van der Waals surface area contributed by atoms with Gasteiger partial charge in [-0.1, -0.05) is 13.8 Å². The molecule has 2 heterocycles. The Morgan fingerprint density at radius 3 is 2.75 bits per heavy atom. The van der Waals surface area contributed by atoms with E-state index in [0.717, 1.165) is 44.8 Å². The predicted molar refractivity (Wildman–Crippen MR) is 74.9 cm³/mol. The molecule has 6 nitrogen and oxygen atoms in total. The molecule has 112 valence electrons. The largest absolute Gasteiger partial charge is 0.469 e. The molecule has 1 aromatic heterocycles. The molecule has 6 heteroatoms. The number of ether oxygens (including phenoxy) is 1. The van der Waals surface area contributed by atoms with Gasteiger partial charge in [0.25, 0.3) is 0 Å². The average molecular weight is 280 g/mol. The number of esters is 1. The second-order valence-electron chi connectivity index (χ2n) is 5.83. The second-order valence-corrected chi connectivity index (χ2v) is 5.83. The highest BCUT2D eigenvalue weighted by Gasteiger charge is 2.26. The zero-order valence-corrected chi connectivity index (χ0v) is 12.6. The van der Waals surface area contributed by atoms with Crippen LogP contribution in [0.2, 0.25) is 0 Å². The first kappa shape index (κ1) is 15.0. The summed E-state index contributed by atoms with van der Waals surface area (Å²) in [7, 11) is 1.46. The zero-order chi connectivity index (χ0) is 14.5. The summed E-state index contributed by atoms with van der Waals surface area (Å²) in [6, 6.07) is 0. The van der Waals surface area contributed by atoms with E-state index < -0.39 is 0 Å². The van der Waals surface area contributed by atoms with Crippen molar-refractivity contribution in [3.05, 3.63) is 12.2 Å². The Hall–Kier alpha value is -1.43. The van der Waals surface area contributed by atoms with E-state index in [9.17, 15) is 4.79 Å². The Labute approximate surface area is 120 Å². The summed E-state index contributed by atoms with van der Waals surface area (Å²) in [6.45, 7) is 7.87. The van der Waals surface area contributed by atoms with Crippen LogP contribution >= 0.6 is 0 Å². The van der Waals surface area contributed by atoms with E-state index >= 15 is 0 Å². The fourth-order valence-electron chi connectivity index (χ4n) is 2.60. The minimum absolute atomic E-state index is 0.0600.